The number of rotatable bonds is 1. The Kier molecular flexibility index (Phi) is 4.56. The fourth-order valence-corrected chi connectivity index (χ4v) is 6.17. The Morgan fingerprint density at radius 3 is 2.89 bits per heavy atom. The number of carbonyl (C=O) groups is 1. The normalized spacial score (nSPS) is 18.1. The maximum atomic E-state index is 13.3. The molecule has 1 N–H and O–H groups in total. The Balaban J connectivity index is 1.55. The molecule has 6 heteroatoms. The number of aryl methyl sites for hydroxylation is 1. The van der Waals surface area contributed by atoms with Crippen LogP contribution in [-0.4, -0.2) is 15.5 Å². The van der Waals surface area contributed by atoms with Crippen LogP contribution in [0.15, 0.2) is 47.1 Å². The van der Waals surface area contributed by atoms with E-state index in [-0.39, 0.29) is 12.1 Å². The Bertz CT molecular complexity index is 1050. The van der Waals surface area contributed by atoms with Crippen molar-refractivity contribution in [3.63, 3.8) is 0 Å². The molecule has 1 atom stereocenters. The van der Waals surface area contributed by atoms with Gasteiger partial charge < -0.3 is 14.8 Å². The lowest BCUT2D eigenvalue weighted by molar-refractivity contribution is 0.189. The predicted octanol–water partition coefficient (Wildman–Crippen LogP) is 6.29. The van der Waals surface area contributed by atoms with Gasteiger partial charge >= 0.3 is 6.03 Å². The molecule has 0 radical (unpaired) electrons. The molecule has 3 aromatic rings. The average molecular weight is 456 g/mol. The monoisotopic (exact) mass is 455 g/mol. The van der Waals surface area contributed by atoms with Gasteiger partial charge in [-0.2, -0.15) is 0 Å². The second-order valence-corrected chi connectivity index (χ2v) is 9.54. The van der Waals surface area contributed by atoms with E-state index in [2.05, 4.69) is 51.1 Å². The first-order valence-electron chi connectivity index (χ1n) is 9.76. The number of hydrogen-bond donors (Lipinski definition) is 1. The highest BCUT2D eigenvalue weighted by atomic mass is 79.9. The maximum absolute atomic E-state index is 13.3. The van der Waals surface area contributed by atoms with E-state index in [0.29, 0.717) is 6.54 Å². The lowest BCUT2D eigenvalue weighted by atomic mass is 9.95. The van der Waals surface area contributed by atoms with E-state index < -0.39 is 0 Å². The van der Waals surface area contributed by atoms with Crippen LogP contribution in [0.1, 0.15) is 47.5 Å². The van der Waals surface area contributed by atoms with E-state index in [1.165, 1.54) is 46.0 Å². The second kappa shape index (κ2) is 7.08. The summed E-state index contributed by atoms with van der Waals surface area (Å²) >= 11 is 5.40. The van der Waals surface area contributed by atoms with Crippen LogP contribution in [0.5, 0.6) is 0 Å². The first kappa shape index (κ1) is 18.0. The minimum Gasteiger partial charge on any atom is -0.312 e. The smallest absolute Gasteiger partial charge is 0.312 e. The molecule has 0 fully saturated rings. The molecule has 0 unspecified atom stereocenters. The Morgan fingerprint density at radius 1 is 1.18 bits per heavy atom. The number of halogens is 1. The highest BCUT2D eigenvalue weighted by Gasteiger charge is 2.32. The molecule has 0 spiro atoms. The molecule has 1 aromatic carbocycles. The highest BCUT2D eigenvalue weighted by molar-refractivity contribution is 9.10. The summed E-state index contributed by atoms with van der Waals surface area (Å²) in [5, 5.41) is 4.39. The SMILES string of the molecule is C[C@@H]1c2cccn2-c2sc3c(c2CN1C(=O)Nc1cccc(Br)c1)CCCC3. The molecule has 2 aromatic heterocycles. The second-order valence-electron chi connectivity index (χ2n) is 7.54. The Labute approximate surface area is 177 Å². The first-order valence-corrected chi connectivity index (χ1v) is 11.4. The summed E-state index contributed by atoms with van der Waals surface area (Å²) in [5.41, 5.74) is 4.80. The number of anilines is 1. The predicted molar refractivity (Wildman–Crippen MR) is 117 cm³/mol. The van der Waals surface area contributed by atoms with Gasteiger partial charge in [-0.3, -0.25) is 0 Å². The molecule has 1 aliphatic heterocycles. The molecule has 4 nitrogen and oxygen atoms in total. The number of nitrogens with one attached hydrogen (secondary N) is 1. The van der Waals surface area contributed by atoms with E-state index in [1.807, 2.05) is 40.5 Å². The fourth-order valence-electron chi connectivity index (χ4n) is 4.37. The maximum Gasteiger partial charge on any atom is 0.322 e. The summed E-state index contributed by atoms with van der Waals surface area (Å²) in [4.78, 5) is 16.8. The van der Waals surface area contributed by atoms with Crippen molar-refractivity contribution in [1.82, 2.24) is 9.47 Å². The minimum atomic E-state index is -0.0537. The van der Waals surface area contributed by atoms with E-state index in [1.54, 1.807) is 0 Å². The van der Waals surface area contributed by atoms with Crippen molar-refractivity contribution in [2.45, 2.75) is 45.2 Å². The number of nitrogens with zero attached hydrogens (tertiary/aromatic N) is 2. The molecule has 3 heterocycles. The lowest BCUT2D eigenvalue weighted by Gasteiger charge is -2.28. The molecule has 5 rings (SSSR count). The topological polar surface area (TPSA) is 37.3 Å². The third kappa shape index (κ3) is 2.99. The highest BCUT2D eigenvalue weighted by Crippen LogP contribution is 2.42. The van der Waals surface area contributed by atoms with Crippen LogP contribution in [0.4, 0.5) is 10.5 Å². The van der Waals surface area contributed by atoms with Gasteiger partial charge in [0.05, 0.1) is 12.6 Å². The third-order valence-electron chi connectivity index (χ3n) is 5.82. The molecule has 0 saturated heterocycles. The van der Waals surface area contributed by atoms with Crippen LogP contribution in [0.2, 0.25) is 0 Å². The van der Waals surface area contributed by atoms with Crippen LogP contribution < -0.4 is 5.32 Å². The van der Waals surface area contributed by atoms with Gasteiger partial charge in [0.25, 0.3) is 0 Å². The van der Waals surface area contributed by atoms with Gasteiger partial charge in [-0.1, -0.05) is 22.0 Å². The van der Waals surface area contributed by atoms with Gasteiger partial charge in [0.15, 0.2) is 0 Å². The number of benzene rings is 1. The quantitative estimate of drug-likeness (QED) is 0.459. The van der Waals surface area contributed by atoms with E-state index in [4.69, 9.17) is 0 Å². The van der Waals surface area contributed by atoms with Crippen LogP contribution in [0, 0.1) is 0 Å². The summed E-state index contributed by atoms with van der Waals surface area (Å²) in [6, 6.07) is 11.9. The molecule has 2 amide bonds. The first-order chi connectivity index (χ1) is 13.6. The standard InChI is InChI=1S/C22H22BrN3OS/c1-14-19-9-5-11-25(19)21-18(17-8-2-3-10-20(17)28-21)13-26(14)22(27)24-16-7-4-6-15(23)12-16/h4-7,9,11-12,14H,2-3,8,10,13H2,1H3,(H,24,27)/t14-/m1/s1. The van der Waals surface area contributed by atoms with Crippen LogP contribution in [0.25, 0.3) is 5.00 Å². The van der Waals surface area contributed by atoms with Gasteiger partial charge in [0.2, 0.25) is 0 Å². The number of thiophene rings is 1. The largest absolute Gasteiger partial charge is 0.322 e. The van der Waals surface area contributed by atoms with Gasteiger partial charge in [-0.05, 0) is 68.5 Å². The van der Waals surface area contributed by atoms with Crippen molar-refractivity contribution in [2.75, 3.05) is 5.32 Å². The summed E-state index contributed by atoms with van der Waals surface area (Å²) in [7, 11) is 0. The van der Waals surface area contributed by atoms with Crippen LogP contribution in [0.3, 0.4) is 0 Å². The molecule has 144 valence electrons. The molecule has 0 bridgehead atoms. The third-order valence-corrected chi connectivity index (χ3v) is 7.65. The molecular formula is C22H22BrN3OS. The number of amides is 2. The van der Waals surface area contributed by atoms with Crippen LogP contribution in [-0.2, 0) is 19.4 Å². The lowest BCUT2D eigenvalue weighted by Crippen LogP contribution is -2.36. The Hall–Kier alpha value is -2.05. The molecule has 0 saturated carbocycles. The average Bonchev–Trinajstić information content (AvgIpc) is 3.28. The fraction of sp³-hybridized carbons (Fsp3) is 0.318. The number of carbonyl (C=O) groups excluding carboxylic acids is 1. The number of urea groups is 1. The molecular weight excluding hydrogens is 434 g/mol. The van der Waals surface area contributed by atoms with Crippen molar-refractivity contribution < 1.29 is 4.79 Å². The zero-order valence-electron chi connectivity index (χ0n) is 15.7. The zero-order valence-corrected chi connectivity index (χ0v) is 18.1. The van der Waals surface area contributed by atoms with Gasteiger partial charge in [-0.15, -0.1) is 11.3 Å². The number of fused-ring (bicyclic) bond motifs is 5. The van der Waals surface area contributed by atoms with Gasteiger partial charge in [0.1, 0.15) is 5.00 Å². The Morgan fingerprint density at radius 2 is 2.04 bits per heavy atom. The van der Waals surface area contributed by atoms with Crippen LogP contribution >= 0.6 is 27.3 Å². The number of aromatic nitrogens is 1. The van der Waals surface area contributed by atoms with E-state index in [0.717, 1.165) is 16.6 Å². The van der Waals surface area contributed by atoms with Gasteiger partial charge in [0, 0.05) is 32.5 Å². The van der Waals surface area contributed by atoms with Crippen molar-refractivity contribution in [3.8, 4) is 5.00 Å². The number of hydrogen-bond acceptors (Lipinski definition) is 2. The van der Waals surface area contributed by atoms with Crippen molar-refractivity contribution in [1.29, 1.82) is 0 Å². The zero-order chi connectivity index (χ0) is 19.3. The summed E-state index contributed by atoms with van der Waals surface area (Å²) in [6.07, 6.45) is 6.96. The molecule has 2 aliphatic rings. The van der Waals surface area contributed by atoms with E-state index in [9.17, 15) is 4.79 Å². The molecule has 1 aliphatic carbocycles. The van der Waals surface area contributed by atoms with Crippen molar-refractivity contribution >= 4 is 39.0 Å². The van der Waals surface area contributed by atoms with Gasteiger partial charge in [-0.25, -0.2) is 4.79 Å². The van der Waals surface area contributed by atoms with Crippen molar-refractivity contribution in [2.24, 2.45) is 0 Å². The van der Waals surface area contributed by atoms with Crippen molar-refractivity contribution in [3.05, 3.63) is 68.8 Å². The summed E-state index contributed by atoms with van der Waals surface area (Å²) in [6.45, 7) is 2.78. The minimum absolute atomic E-state index is 0.000920. The summed E-state index contributed by atoms with van der Waals surface area (Å²) in [5.74, 6) is 0. The summed E-state index contributed by atoms with van der Waals surface area (Å²) < 4.78 is 3.26. The molecule has 28 heavy (non-hydrogen) atoms. The van der Waals surface area contributed by atoms with E-state index >= 15 is 0 Å².